The molecule has 0 amide bonds. The predicted molar refractivity (Wildman–Crippen MR) is 126 cm³/mol. The molecular formula is C22H24N4O6S2. The van der Waals surface area contributed by atoms with Crippen LogP contribution in [0.3, 0.4) is 0 Å². The third kappa shape index (κ3) is 6.84. The molecule has 1 aromatic heterocycles. The zero-order valence-corrected chi connectivity index (χ0v) is 19.7. The van der Waals surface area contributed by atoms with Crippen molar-refractivity contribution in [2.75, 3.05) is 18.4 Å². The molecule has 0 atom stereocenters. The number of hydrogen-bond donors (Lipinski definition) is 3. The number of nitrogens with zero attached hydrogens (tertiary/aromatic N) is 2. The summed E-state index contributed by atoms with van der Waals surface area (Å²) in [7, 11) is -7.72. The number of aliphatic carboxylic acids is 1. The summed E-state index contributed by atoms with van der Waals surface area (Å²) in [6.07, 6.45) is 3.07. The molecule has 3 rings (SSSR count). The van der Waals surface area contributed by atoms with Crippen LogP contribution in [0, 0.1) is 0 Å². The van der Waals surface area contributed by atoms with Gasteiger partial charge in [-0.3, -0.25) is 9.78 Å². The maximum absolute atomic E-state index is 13.3. The van der Waals surface area contributed by atoms with Gasteiger partial charge in [0.25, 0.3) is 0 Å². The van der Waals surface area contributed by atoms with Crippen LogP contribution in [0.15, 0.2) is 82.8 Å². The summed E-state index contributed by atoms with van der Waals surface area (Å²) in [5, 5.41) is 16.8. The molecular weight excluding hydrogens is 480 g/mol. The summed E-state index contributed by atoms with van der Waals surface area (Å²) >= 11 is 0. The lowest BCUT2D eigenvalue weighted by Crippen LogP contribution is -2.32. The lowest BCUT2D eigenvalue weighted by molar-refractivity contribution is -0.134. The van der Waals surface area contributed by atoms with Gasteiger partial charge in [0.2, 0.25) is 20.0 Å². The van der Waals surface area contributed by atoms with Gasteiger partial charge < -0.3 is 10.4 Å². The van der Waals surface area contributed by atoms with Gasteiger partial charge in [0.05, 0.1) is 4.90 Å². The van der Waals surface area contributed by atoms with Crippen molar-refractivity contribution in [3.05, 3.63) is 84.2 Å². The van der Waals surface area contributed by atoms with Crippen LogP contribution in [0.2, 0.25) is 0 Å². The largest absolute Gasteiger partial charge is 0.480 e. The molecule has 180 valence electrons. The van der Waals surface area contributed by atoms with Gasteiger partial charge in [0.1, 0.15) is 11.4 Å². The van der Waals surface area contributed by atoms with Crippen molar-refractivity contribution in [1.82, 2.24) is 9.29 Å². The number of primary sulfonamides is 1. The van der Waals surface area contributed by atoms with Gasteiger partial charge in [-0.25, -0.2) is 22.0 Å². The van der Waals surface area contributed by atoms with Gasteiger partial charge in [0, 0.05) is 31.2 Å². The minimum Gasteiger partial charge on any atom is -0.480 e. The van der Waals surface area contributed by atoms with Gasteiger partial charge in [-0.2, -0.15) is 4.31 Å². The molecule has 4 N–H and O–H groups in total. The highest BCUT2D eigenvalue weighted by Crippen LogP contribution is 2.20. The molecule has 0 fully saturated rings. The van der Waals surface area contributed by atoms with Crippen LogP contribution in [0.5, 0.6) is 0 Å². The van der Waals surface area contributed by atoms with Crippen molar-refractivity contribution >= 4 is 31.7 Å². The molecule has 12 heteroatoms. The van der Waals surface area contributed by atoms with Crippen molar-refractivity contribution in [3.63, 3.8) is 0 Å². The predicted octanol–water partition coefficient (Wildman–Crippen LogP) is 1.66. The number of hydrogen-bond acceptors (Lipinski definition) is 7. The second-order valence-corrected chi connectivity index (χ2v) is 10.9. The molecule has 10 nitrogen and oxygen atoms in total. The first-order chi connectivity index (χ1) is 16.1. The second-order valence-electron chi connectivity index (χ2n) is 7.41. The molecule has 0 bridgehead atoms. The molecule has 0 aliphatic heterocycles. The van der Waals surface area contributed by atoms with Crippen molar-refractivity contribution in [2.45, 2.75) is 22.8 Å². The van der Waals surface area contributed by atoms with E-state index in [2.05, 4.69) is 10.3 Å². The summed E-state index contributed by atoms with van der Waals surface area (Å²) < 4.78 is 50.9. The van der Waals surface area contributed by atoms with E-state index in [0.29, 0.717) is 17.7 Å². The van der Waals surface area contributed by atoms with Crippen molar-refractivity contribution < 1.29 is 26.7 Å². The molecule has 0 aliphatic rings. The Kier molecular flexibility index (Phi) is 7.99. The number of carboxylic acids is 1. The van der Waals surface area contributed by atoms with Gasteiger partial charge in [0.15, 0.2) is 0 Å². The number of aromatic nitrogens is 1. The average Bonchev–Trinajstić information content (AvgIpc) is 2.81. The number of sulfonamides is 2. The number of nitrogens with two attached hydrogens (primary N) is 1. The minimum absolute atomic E-state index is 0.0261. The van der Waals surface area contributed by atoms with Crippen molar-refractivity contribution in [1.29, 1.82) is 0 Å². The quantitative estimate of drug-likeness (QED) is 0.355. The number of benzene rings is 2. The van der Waals surface area contributed by atoms with E-state index in [1.165, 1.54) is 41.0 Å². The molecule has 1 heterocycles. The number of anilines is 1. The number of pyridine rings is 1. The standard InChI is InChI=1S/C22H24N4O6S2/c23-33(29,30)20-8-6-17(7-9-20)10-12-26(34(31,32)21-5-2-11-24-14-21)16-18-3-1-4-19(13-18)25-15-22(27)28/h1-9,11,13-14,25H,10,12,15-16H2,(H,27,28)(H2,23,29,30). The first-order valence-electron chi connectivity index (χ1n) is 10.1. The SMILES string of the molecule is NS(=O)(=O)c1ccc(CCN(Cc2cccc(NCC(=O)O)c2)S(=O)(=O)c2cccnc2)cc1. The highest BCUT2D eigenvalue weighted by molar-refractivity contribution is 7.89. The summed E-state index contributed by atoms with van der Waals surface area (Å²) in [4.78, 5) is 14.7. The molecule has 3 aromatic rings. The summed E-state index contributed by atoms with van der Waals surface area (Å²) in [5.74, 6) is -1.01. The van der Waals surface area contributed by atoms with Crippen LogP contribution < -0.4 is 10.5 Å². The van der Waals surface area contributed by atoms with Crippen LogP contribution >= 0.6 is 0 Å². The Balaban J connectivity index is 1.85. The number of carboxylic acid groups (broad SMARTS) is 1. The van der Waals surface area contributed by atoms with Crippen LogP contribution in [-0.4, -0.2) is 50.3 Å². The first-order valence-corrected chi connectivity index (χ1v) is 13.1. The molecule has 34 heavy (non-hydrogen) atoms. The smallest absolute Gasteiger partial charge is 0.322 e. The Bertz CT molecular complexity index is 1350. The van der Waals surface area contributed by atoms with E-state index in [-0.39, 0.29) is 29.4 Å². The Morgan fingerprint density at radius 1 is 0.971 bits per heavy atom. The summed E-state index contributed by atoms with van der Waals surface area (Å²) in [6, 6.07) is 15.8. The lowest BCUT2D eigenvalue weighted by Gasteiger charge is -2.23. The average molecular weight is 505 g/mol. The van der Waals surface area contributed by atoms with E-state index in [9.17, 15) is 21.6 Å². The van der Waals surface area contributed by atoms with Gasteiger partial charge in [-0.05, 0) is 53.9 Å². The van der Waals surface area contributed by atoms with Crippen LogP contribution in [0.25, 0.3) is 0 Å². The molecule has 0 saturated heterocycles. The van der Waals surface area contributed by atoms with E-state index in [4.69, 9.17) is 10.2 Å². The third-order valence-corrected chi connectivity index (χ3v) is 7.66. The summed E-state index contributed by atoms with van der Waals surface area (Å²) in [6.45, 7) is -0.122. The normalized spacial score (nSPS) is 11.9. The maximum Gasteiger partial charge on any atom is 0.322 e. The Hall–Kier alpha value is -3.32. The monoisotopic (exact) mass is 504 g/mol. The highest BCUT2D eigenvalue weighted by atomic mass is 32.2. The lowest BCUT2D eigenvalue weighted by atomic mass is 10.1. The zero-order valence-electron chi connectivity index (χ0n) is 18.0. The Labute approximate surface area is 198 Å². The van der Waals surface area contributed by atoms with Crippen molar-refractivity contribution in [2.24, 2.45) is 5.14 Å². The minimum atomic E-state index is -3.90. The summed E-state index contributed by atoms with van der Waals surface area (Å²) in [5.41, 5.74) is 1.94. The number of carbonyl (C=O) groups is 1. The molecule has 0 unspecified atom stereocenters. The first kappa shape index (κ1) is 25.3. The second kappa shape index (κ2) is 10.7. The van der Waals surface area contributed by atoms with E-state index >= 15 is 0 Å². The highest BCUT2D eigenvalue weighted by Gasteiger charge is 2.25. The maximum atomic E-state index is 13.3. The van der Waals surface area contributed by atoms with E-state index in [1.807, 2.05) is 0 Å². The van der Waals surface area contributed by atoms with Gasteiger partial charge in [-0.1, -0.05) is 24.3 Å². The number of rotatable bonds is 11. The molecule has 0 radical (unpaired) electrons. The van der Waals surface area contributed by atoms with E-state index < -0.39 is 26.0 Å². The molecule has 2 aromatic carbocycles. The number of nitrogens with one attached hydrogen (secondary N) is 1. The van der Waals surface area contributed by atoms with E-state index in [1.54, 1.807) is 36.4 Å². The Morgan fingerprint density at radius 3 is 2.32 bits per heavy atom. The molecule has 0 spiro atoms. The van der Waals surface area contributed by atoms with Crippen LogP contribution in [0.4, 0.5) is 5.69 Å². The van der Waals surface area contributed by atoms with Crippen LogP contribution in [-0.2, 0) is 37.8 Å². The van der Waals surface area contributed by atoms with E-state index in [0.717, 1.165) is 5.56 Å². The fourth-order valence-corrected chi connectivity index (χ4v) is 5.10. The Morgan fingerprint density at radius 2 is 1.71 bits per heavy atom. The van der Waals surface area contributed by atoms with Crippen molar-refractivity contribution in [3.8, 4) is 0 Å². The van der Waals surface area contributed by atoms with Gasteiger partial charge >= 0.3 is 5.97 Å². The fourth-order valence-electron chi connectivity index (χ4n) is 3.19. The zero-order chi connectivity index (χ0) is 24.8. The van der Waals surface area contributed by atoms with Gasteiger partial charge in [-0.15, -0.1) is 0 Å². The molecule has 0 saturated carbocycles. The third-order valence-electron chi connectivity index (χ3n) is 4.90. The topological polar surface area (TPSA) is 160 Å². The molecule has 0 aliphatic carbocycles. The van der Waals surface area contributed by atoms with Crippen LogP contribution in [0.1, 0.15) is 11.1 Å². The fraction of sp³-hybridized carbons (Fsp3) is 0.182.